The van der Waals surface area contributed by atoms with Crippen molar-refractivity contribution in [1.82, 2.24) is 14.9 Å². The molecule has 0 radical (unpaired) electrons. The van der Waals surface area contributed by atoms with E-state index in [2.05, 4.69) is 26.2 Å². The Labute approximate surface area is 141 Å². The lowest BCUT2D eigenvalue weighted by Gasteiger charge is -2.16. The van der Waals surface area contributed by atoms with E-state index in [4.69, 9.17) is 5.11 Å². The highest BCUT2D eigenvalue weighted by molar-refractivity contribution is 9.10. The first-order valence-corrected chi connectivity index (χ1v) is 8.17. The molecular formula is C16H16BrN3O3. The molecule has 0 bridgehead atoms. The summed E-state index contributed by atoms with van der Waals surface area (Å²) in [7, 11) is 0. The van der Waals surface area contributed by atoms with Gasteiger partial charge in [-0.05, 0) is 37.1 Å². The van der Waals surface area contributed by atoms with Crippen LogP contribution in [0.5, 0.6) is 0 Å². The fraction of sp³-hybridized carbons (Fsp3) is 0.312. The molecule has 120 valence electrons. The van der Waals surface area contributed by atoms with Crippen LogP contribution in [0.1, 0.15) is 29.8 Å². The van der Waals surface area contributed by atoms with Gasteiger partial charge in [-0.1, -0.05) is 22.4 Å². The lowest BCUT2D eigenvalue weighted by molar-refractivity contribution is -0.142. The summed E-state index contributed by atoms with van der Waals surface area (Å²) in [5, 5.41) is 12.0. The number of nitrogens with one attached hydrogen (secondary N) is 1. The Hall–Kier alpha value is -2.15. The van der Waals surface area contributed by atoms with Gasteiger partial charge in [-0.25, -0.2) is 4.98 Å². The fourth-order valence-electron chi connectivity index (χ4n) is 2.87. The van der Waals surface area contributed by atoms with E-state index in [1.54, 1.807) is 17.1 Å². The zero-order chi connectivity index (χ0) is 16.4. The van der Waals surface area contributed by atoms with E-state index in [9.17, 15) is 9.59 Å². The molecule has 1 aromatic carbocycles. The fourth-order valence-corrected chi connectivity index (χ4v) is 3.13. The highest BCUT2D eigenvalue weighted by Crippen LogP contribution is 2.26. The van der Waals surface area contributed by atoms with Crippen LogP contribution in [-0.4, -0.2) is 32.6 Å². The molecule has 1 aliphatic rings. The molecule has 1 saturated carbocycles. The number of halogens is 1. The Kier molecular flexibility index (Phi) is 4.47. The lowest BCUT2D eigenvalue weighted by atomic mass is 10.0. The maximum absolute atomic E-state index is 12.3. The van der Waals surface area contributed by atoms with Gasteiger partial charge in [0.2, 0.25) is 0 Å². The molecular weight excluding hydrogens is 362 g/mol. The van der Waals surface area contributed by atoms with Gasteiger partial charge in [0.1, 0.15) is 12.0 Å². The highest BCUT2D eigenvalue weighted by atomic mass is 79.9. The minimum Gasteiger partial charge on any atom is -0.481 e. The molecule has 0 spiro atoms. The maximum atomic E-state index is 12.3. The van der Waals surface area contributed by atoms with Gasteiger partial charge < -0.3 is 15.0 Å². The van der Waals surface area contributed by atoms with E-state index in [0.29, 0.717) is 12.8 Å². The number of rotatable bonds is 4. The number of hydrogen-bond donors (Lipinski definition) is 2. The van der Waals surface area contributed by atoms with Crippen LogP contribution >= 0.6 is 15.9 Å². The third-order valence-corrected chi connectivity index (χ3v) is 4.62. The molecule has 1 amide bonds. The summed E-state index contributed by atoms with van der Waals surface area (Å²) < 4.78 is 2.73. The van der Waals surface area contributed by atoms with E-state index in [1.165, 1.54) is 0 Å². The molecule has 2 atom stereocenters. The number of carboxylic acid groups (broad SMARTS) is 1. The summed E-state index contributed by atoms with van der Waals surface area (Å²) in [4.78, 5) is 27.6. The molecule has 1 fully saturated rings. The van der Waals surface area contributed by atoms with E-state index < -0.39 is 11.9 Å². The summed E-state index contributed by atoms with van der Waals surface area (Å²) in [6.45, 7) is 0. The summed E-state index contributed by atoms with van der Waals surface area (Å²) in [5.41, 5.74) is 1.17. The lowest BCUT2D eigenvalue weighted by Crippen LogP contribution is -2.40. The van der Waals surface area contributed by atoms with Crippen LogP contribution in [-0.2, 0) is 4.79 Å². The van der Waals surface area contributed by atoms with Gasteiger partial charge in [0.25, 0.3) is 5.91 Å². The van der Waals surface area contributed by atoms with Crippen molar-refractivity contribution in [2.45, 2.75) is 25.3 Å². The van der Waals surface area contributed by atoms with Crippen molar-refractivity contribution in [3.63, 3.8) is 0 Å². The van der Waals surface area contributed by atoms with E-state index in [-0.39, 0.29) is 17.6 Å². The number of imidazole rings is 1. The van der Waals surface area contributed by atoms with Gasteiger partial charge in [-0.15, -0.1) is 0 Å². The van der Waals surface area contributed by atoms with Gasteiger partial charge in [0, 0.05) is 22.4 Å². The van der Waals surface area contributed by atoms with Gasteiger partial charge in [0.05, 0.1) is 5.92 Å². The zero-order valence-electron chi connectivity index (χ0n) is 12.3. The van der Waals surface area contributed by atoms with Crippen molar-refractivity contribution in [1.29, 1.82) is 0 Å². The van der Waals surface area contributed by atoms with Crippen molar-refractivity contribution in [2.75, 3.05) is 0 Å². The number of hydrogen-bond acceptors (Lipinski definition) is 3. The standard InChI is InChI=1S/C16H16BrN3O3/c17-10-4-6-11(7-5-10)20-8-14(18-9-20)15(21)19-13-3-1-2-12(13)16(22)23/h4-9,12-13H,1-3H2,(H,19,21)(H,22,23)/t12-,13+/m1/s1. The van der Waals surface area contributed by atoms with Crippen LogP contribution in [0.2, 0.25) is 0 Å². The van der Waals surface area contributed by atoms with Crippen molar-refractivity contribution in [3.8, 4) is 5.69 Å². The number of carbonyl (C=O) groups is 2. The molecule has 3 rings (SSSR count). The van der Waals surface area contributed by atoms with Gasteiger partial charge in [-0.2, -0.15) is 0 Å². The van der Waals surface area contributed by atoms with Crippen LogP contribution in [0, 0.1) is 5.92 Å². The molecule has 1 heterocycles. The third-order valence-electron chi connectivity index (χ3n) is 4.09. The third kappa shape index (κ3) is 3.44. The average molecular weight is 378 g/mol. The molecule has 1 aromatic heterocycles. The number of aliphatic carboxylic acids is 1. The Morgan fingerprint density at radius 3 is 2.70 bits per heavy atom. The topological polar surface area (TPSA) is 84.2 Å². The monoisotopic (exact) mass is 377 g/mol. The Morgan fingerprint density at radius 1 is 1.26 bits per heavy atom. The average Bonchev–Trinajstić information content (AvgIpc) is 3.16. The van der Waals surface area contributed by atoms with Crippen LogP contribution < -0.4 is 5.32 Å². The molecule has 2 aromatic rings. The number of benzene rings is 1. The van der Waals surface area contributed by atoms with Crippen molar-refractivity contribution in [2.24, 2.45) is 5.92 Å². The Morgan fingerprint density at radius 2 is 2.00 bits per heavy atom. The molecule has 0 aliphatic heterocycles. The second-order valence-electron chi connectivity index (χ2n) is 5.60. The predicted octanol–water partition coefficient (Wildman–Crippen LogP) is 2.62. The number of carboxylic acids is 1. The number of nitrogens with zero attached hydrogens (tertiary/aromatic N) is 2. The van der Waals surface area contributed by atoms with E-state index >= 15 is 0 Å². The number of amides is 1. The molecule has 0 unspecified atom stereocenters. The summed E-state index contributed by atoms with van der Waals surface area (Å²) in [6, 6.07) is 7.31. The normalized spacial score (nSPS) is 20.4. The van der Waals surface area contributed by atoms with E-state index in [1.807, 2.05) is 24.3 Å². The molecule has 23 heavy (non-hydrogen) atoms. The zero-order valence-corrected chi connectivity index (χ0v) is 13.9. The second-order valence-corrected chi connectivity index (χ2v) is 6.51. The summed E-state index contributed by atoms with van der Waals surface area (Å²) in [6.07, 6.45) is 5.32. The molecule has 2 N–H and O–H groups in total. The first-order chi connectivity index (χ1) is 11.0. The van der Waals surface area contributed by atoms with E-state index in [0.717, 1.165) is 16.6 Å². The van der Waals surface area contributed by atoms with Crippen molar-refractivity contribution < 1.29 is 14.7 Å². The predicted molar refractivity (Wildman–Crippen MR) is 87.5 cm³/mol. The van der Waals surface area contributed by atoms with Crippen LogP contribution in [0.25, 0.3) is 5.69 Å². The van der Waals surface area contributed by atoms with Gasteiger partial charge in [0.15, 0.2) is 0 Å². The van der Waals surface area contributed by atoms with Gasteiger partial charge >= 0.3 is 5.97 Å². The maximum Gasteiger partial charge on any atom is 0.308 e. The van der Waals surface area contributed by atoms with Crippen LogP contribution in [0.3, 0.4) is 0 Å². The first kappa shape index (κ1) is 15.7. The van der Waals surface area contributed by atoms with Crippen LogP contribution in [0.15, 0.2) is 41.3 Å². The largest absolute Gasteiger partial charge is 0.481 e. The Bertz CT molecular complexity index is 726. The van der Waals surface area contributed by atoms with Crippen molar-refractivity contribution in [3.05, 3.63) is 47.0 Å². The molecule has 1 aliphatic carbocycles. The summed E-state index contributed by atoms with van der Waals surface area (Å²) >= 11 is 3.38. The number of carbonyl (C=O) groups excluding carboxylic acids is 1. The van der Waals surface area contributed by atoms with Gasteiger partial charge in [-0.3, -0.25) is 9.59 Å². The highest BCUT2D eigenvalue weighted by Gasteiger charge is 2.34. The number of aromatic nitrogens is 2. The molecule has 0 saturated heterocycles. The smallest absolute Gasteiger partial charge is 0.308 e. The van der Waals surface area contributed by atoms with Crippen molar-refractivity contribution >= 4 is 27.8 Å². The minimum absolute atomic E-state index is 0.281. The minimum atomic E-state index is -0.854. The van der Waals surface area contributed by atoms with Crippen LogP contribution in [0.4, 0.5) is 0 Å². The summed E-state index contributed by atoms with van der Waals surface area (Å²) in [5.74, 6) is -1.69. The second kappa shape index (κ2) is 6.54. The Balaban J connectivity index is 1.71. The molecule has 7 heteroatoms. The quantitative estimate of drug-likeness (QED) is 0.857. The first-order valence-electron chi connectivity index (χ1n) is 7.38. The molecule has 6 nitrogen and oxygen atoms in total. The SMILES string of the molecule is O=C(N[C@H]1CCC[C@H]1C(=O)O)c1cn(-c2ccc(Br)cc2)cn1.